The second-order valence-electron chi connectivity index (χ2n) is 4.61. The van der Waals surface area contributed by atoms with E-state index in [2.05, 4.69) is 24.4 Å². The van der Waals surface area contributed by atoms with Crippen LogP contribution in [0.2, 0.25) is 0 Å². The molecule has 5 N–H and O–H groups in total. The van der Waals surface area contributed by atoms with Crippen LogP contribution in [0, 0.1) is 6.92 Å². The summed E-state index contributed by atoms with van der Waals surface area (Å²) in [6, 6.07) is 8.91. The van der Waals surface area contributed by atoms with Gasteiger partial charge in [0.1, 0.15) is 4.90 Å². The highest BCUT2D eigenvalue weighted by molar-refractivity contribution is 7.89. The van der Waals surface area contributed by atoms with Crippen molar-refractivity contribution in [1.82, 2.24) is 0 Å². The number of benzene rings is 1. The molecule has 0 spiro atoms. The molecule has 7 heteroatoms. The summed E-state index contributed by atoms with van der Waals surface area (Å²) in [7, 11) is -3.78. The molecule has 108 valence electrons. The lowest BCUT2D eigenvalue weighted by Gasteiger charge is -2.15. The van der Waals surface area contributed by atoms with E-state index in [1.165, 1.54) is 15.8 Å². The fourth-order valence-electron chi connectivity index (χ4n) is 1.90. The molecular weight excluding hydrogens is 294 g/mol. The quantitative estimate of drug-likeness (QED) is 0.755. The summed E-state index contributed by atoms with van der Waals surface area (Å²) in [5.74, 6) is 0. The summed E-state index contributed by atoms with van der Waals surface area (Å²) in [5.41, 5.74) is 6.63. The van der Waals surface area contributed by atoms with Crippen molar-refractivity contribution in [2.45, 2.75) is 24.8 Å². The number of aryl methyl sites for hydroxylation is 1. The first-order chi connectivity index (χ1) is 9.27. The number of nitrogens with one attached hydrogen (secondary N) is 1. The zero-order chi connectivity index (χ0) is 14.9. The van der Waals surface area contributed by atoms with Crippen LogP contribution in [0.4, 0.5) is 11.4 Å². The molecule has 0 aliphatic rings. The van der Waals surface area contributed by atoms with E-state index in [1.54, 1.807) is 23.5 Å². The second kappa shape index (κ2) is 5.43. The molecule has 2 aromatic rings. The summed E-state index contributed by atoms with van der Waals surface area (Å²) in [5, 5.41) is 8.36. The molecule has 0 fully saturated rings. The fourth-order valence-corrected chi connectivity index (χ4v) is 3.43. The van der Waals surface area contributed by atoms with Crippen molar-refractivity contribution in [2.24, 2.45) is 5.14 Å². The molecule has 1 heterocycles. The largest absolute Gasteiger partial charge is 0.398 e. The molecule has 20 heavy (non-hydrogen) atoms. The van der Waals surface area contributed by atoms with Crippen molar-refractivity contribution in [1.29, 1.82) is 0 Å². The summed E-state index contributed by atoms with van der Waals surface area (Å²) < 4.78 is 22.6. The Labute approximate surface area is 122 Å². The molecule has 1 unspecified atom stereocenters. The van der Waals surface area contributed by atoms with Crippen LogP contribution in [0.5, 0.6) is 0 Å². The minimum Gasteiger partial charge on any atom is -0.398 e. The molecule has 2 rings (SSSR count). The number of thiophene rings is 1. The molecule has 1 aromatic heterocycles. The van der Waals surface area contributed by atoms with Gasteiger partial charge in [0.2, 0.25) is 10.0 Å². The third-order valence-electron chi connectivity index (χ3n) is 2.89. The van der Waals surface area contributed by atoms with Gasteiger partial charge in [0.05, 0.1) is 11.7 Å². The average Bonchev–Trinajstić information content (AvgIpc) is 2.74. The Morgan fingerprint density at radius 2 is 1.95 bits per heavy atom. The standard InChI is InChI=1S/C13H17N3O2S2/c1-8-3-5-12(19-8)9(2)16-10-4-6-13(11(14)7-10)20(15,17)18/h3-7,9,16H,14H2,1-2H3,(H2,15,17,18). The van der Waals surface area contributed by atoms with E-state index in [-0.39, 0.29) is 16.6 Å². The molecule has 0 saturated heterocycles. The van der Waals surface area contributed by atoms with Gasteiger partial charge in [0.15, 0.2) is 0 Å². The topological polar surface area (TPSA) is 98.2 Å². The minimum atomic E-state index is -3.78. The Morgan fingerprint density at radius 3 is 2.45 bits per heavy atom. The number of hydrogen-bond donors (Lipinski definition) is 3. The molecule has 1 atom stereocenters. The van der Waals surface area contributed by atoms with E-state index in [0.29, 0.717) is 0 Å². The number of rotatable bonds is 4. The van der Waals surface area contributed by atoms with Gasteiger partial charge in [-0.3, -0.25) is 0 Å². The van der Waals surface area contributed by atoms with Crippen molar-refractivity contribution >= 4 is 32.7 Å². The molecular formula is C13H17N3O2S2. The lowest BCUT2D eigenvalue weighted by molar-refractivity contribution is 0.598. The van der Waals surface area contributed by atoms with Gasteiger partial charge in [0.25, 0.3) is 0 Å². The van der Waals surface area contributed by atoms with E-state index >= 15 is 0 Å². The van der Waals surface area contributed by atoms with Crippen molar-refractivity contribution < 1.29 is 8.42 Å². The molecule has 1 aromatic carbocycles. The Hall–Kier alpha value is -1.57. The van der Waals surface area contributed by atoms with E-state index in [4.69, 9.17) is 10.9 Å². The second-order valence-corrected chi connectivity index (χ2v) is 7.46. The van der Waals surface area contributed by atoms with Crippen molar-refractivity contribution in [2.75, 3.05) is 11.1 Å². The van der Waals surface area contributed by atoms with E-state index < -0.39 is 10.0 Å². The van der Waals surface area contributed by atoms with Gasteiger partial charge in [-0.25, -0.2) is 13.6 Å². The molecule has 0 bridgehead atoms. The number of sulfonamides is 1. The number of anilines is 2. The lowest BCUT2D eigenvalue weighted by atomic mass is 10.2. The van der Waals surface area contributed by atoms with Crippen molar-refractivity contribution in [3.8, 4) is 0 Å². The van der Waals surface area contributed by atoms with Crippen LogP contribution in [0.25, 0.3) is 0 Å². The van der Waals surface area contributed by atoms with Crippen molar-refractivity contribution in [3.63, 3.8) is 0 Å². The van der Waals surface area contributed by atoms with Gasteiger partial charge in [-0.05, 0) is 44.2 Å². The number of primary sulfonamides is 1. The van der Waals surface area contributed by atoms with E-state index in [0.717, 1.165) is 5.69 Å². The van der Waals surface area contributed by atoms with Gasteiger partial charge in [-0.2, -0.15) is 0 Å². The van der Waals surface area contributed by atoms with Gasteiger partial charge >= 0.3 is 0 Å². The molecule has 0 radical (unpaired) electrons. The predicted molar refractivity (Wildman–Crippen MR) is 83.3 cm³/mol. The third-order valence-corrected chi connectivity index (χ3v) is 5.06. The SMILES string of the molecule is Cc1ccc(C(C)Nc2ccc(S(N)(=O)=O)c(N)c2)s1. The average molecular weight is 311 g/mol. The Bertz CT molecular complexity index is 723. The summed E-state index contributed by atoms with van der Waals surface area (Å²) in [6.45, 7) is 4.09. The number of hydrogen-bond acceptors (Lipinski definition) is 5. The summed E-state index contributed by atoms with van der Waals surface area (Å²) in [4.78, 5) is 2.40. The van der Waals surface area contributed by atoms with E-state index in [9.17, 15) is 8.42 Å². The molecule has 0 aliphatic carbocycles. The summed E-state index contributed by atoms with van der Waals surface area (Å²) >= 11 is 1.72. The minimum absolute atomic E-state index is 0.0531. The number of nitrogens with two attached hydrogens (primary N) is 2. The van der Waals surface area contributed by atoms with Gasteiger partial charge in [-0.1, -0.05) is 0 Å². The predicted octanol–water partition coefficient (Wildman–Crippen LogP) is 2.46. The zero-order valence-corrected chi connectivity index (χ0v) is 12.9. The fraction of sp³-hybridized carbons (Fsp3) is 0.231. The van der Waals surface area contributed by atoms with Gasteiger partial charge < -0.3 is 11.1 Å². The van der Waals surface area contributed by atoms with Crippen LogP contribution in [-0.4, -0.2) is 8.42 Å². The maximum atomic E-state index is 11.3. The lowest BCUT2D eigenvalue weighted by Crippen LogP contribution is -2.14. The highest BCUT2D eigenvalue weighted by Gasteiger charge is 2.13. The first kappa shape index (κ1) is 14.8. The molecule has 0 amide bonds. The van der Waals surface area contributed by atoms with Crippen LogP contribution in [0.15, 0.2) is 35.2 Å². The van der Waals surface area contributed by atoms with Crippen molar-refractivity contribution in [3.05, 3.63) is 40.1 Å². The van der Waals surface area contributed by atoms with Crippen LogP contribution in [0.1, 0.15) is 22.7 Å². The number of nitrogen functional groups attached to an aromatic ring is 1. The third kappa shape index (κ3) is 3.30. The van der Waals surface area contributed by atoms with Crippen LogP contribution in [0.3, 0.4) is 0 Å². The molecule has 0 saturated carbocycles. The Balaban J connectivity index is 2.21. The maximum Gasteiger partial charge on any atom is 0.240 e. The highest BCUT2D eigenvalue weighted by Crippen LogP contribution is 2.28. The monoisotopic (exact) mass is 311 g/mol. The first-order valence-corrected chi connectivity index (χ1v) is 8.39. The highest BCUT2D eigenvalue weighted by atomic mass is 32.2. The normalized spacial score (nSPS) is 13.2. The van der Waals surface area contributed by atoms with Gasteiger partial charge in [-0.15, -0.1) is 11.3 Å². The van der Waals surface area contributed by atoms with Crippen LogP contribution in [-0.2, 0) is 10.0 Å². The Kier molecular flexibility index (Phi) is 4.03. The molecule has 5 nitrogen and oxygen atoms in total. The first-order valence-electron chi connectivity index (χ1n) is 6.02. The van der Waals surface area contributed by atoms with Gasteiger partial charge in [0, 0.05) is 15.4 Å². The summed E-state index contributed by atoms with van der Waals surface area (Å²) in [6.07, 6.45) is 0. The zero-order valence-electron chi connectivity index (χ0n) is 11.3. The maximum absolute atomic E-state index is 11.3. The molecule has 0 aliphatic heterocycles. The van der Waals surface area contributed by atoms with Crippen LogP contribution >= 0.6 is 11.3 Å². The van der Waals surface area contributed by atoms with E-state index in [1.807, 2.05) is 6.92 Å². The smallest absolute Gasteiger partial charge is 0.240 e. The Morgan fingerprint density at radius 1 is 1.25 bits per heavy atom. The van der Waals surface area contributed by atoms with Crippen LogP contribution < -0.4 is 16.2 Å².